The van der Waals surface area contributed by atoms with Crippen LogP contribution in [0.2, 0.25) is 0 Å². The van der Waals surface area contributed by atoms with Gasteiger partial charge in [0.25, 0.3) is 0 Å². The van der Waals surface area contributed by atoms with Crippen molar-refractivity contribution in [1.29, 1.82) is 0 Å². The van der Waals surface area contributed by atoms with Crippen LogP contribution in [0.1, 0.15) is 19.3 Å². The minimum Gasteiger partial charge on any atom is -0.395 e. The molecule has 2 heteroatoms. The van der Waals surface area contributed by atoms with E-state index in [4.69, 9.17) is 16.3 Å². The molecule has 1 N–H and O–H groups in total. The molecule has 0 aromatic heterocycles. The third-order valence-electron chi connectivity index (χ3n) is 2.01. The summed E-state index contributed by atoms with van der Waals surface area (Å²) in [6.07, 6.45) is 7.71. The van der Waals surface area contributed by atoms with E-state index in [0.29, 0.717) is 6.42 Å². The monoisotopic (exact) mass is 178 g/mol. The second-order valence-electron chi connectivity index (χ2n) is 3.00. The summed E-state index contributed by atoms with van der Waals surface area (Å²) < 4.78 is 5.37. The molecule has 2 atom stereocenters. The molecule has 0 aromatic carbocycles. The van der Waals surface area contributed by atoms with Gasteiger partial charge in [0.05, 0.1) is 12.5 Å². The number of aliphatic hydroxyl groups excluding tert-OH is 1. The highest BCUT2D eigenvalue weighted by molar-refractivity contribution is 5.13. The highest BCUT2D eigenvalue weighted by Gasteiger charge is 2.21. The van der Waals surface area contributed by atoms with Crippen molar-refractivity contribution >= 4 is 0 Å². The van der Waals surface area contributed by atoms with Crippen LogP contribution in [0.25, 0.3) is 0 Å². The van der Waals surface area contributed by atoms with Crippen LogP contribution in [0.5, 0.6) is 0 Å². The lowest BCUT2D eigenvalue weighted by atomic mass is 9.95. The van der Waals surface area contributed by atoms with Gasteiger partial charge in [-0.25, -0.2) is 0 Å². The molecule has 0 spiro atoms. The van der Waals surface area contributed by atoms with Crippen molar-refractivity contribution in [2.24, 2.45) is 5.92 Å². The molecule has 0 radical (unpaired) electrons. The highest BCUT2D eigenvalue weighted by atomic mass is 16.5. The average Bonchev–Trinajstić information content (AvgIpc) is 2.19. The van der Waals surface area contributed by atoms with Gasteiger partial charge in [-0.3, -0.25) is 0 Å². The van der Waals surface area contributed by atoms with Gasteiger partial charge in [0.1, 0.15) is 6.10 Å². The van der Waals surface area contributed by atoms with Crippen molar-refractivity contribution in [2.45, 2.75) is 25.4 Å². The van der Waals surface area contributed by atoms with Gasteiger partial charge in [-0.05, 0) is 12.8 Å². The van der Waals surface area contributed by atoms with E-state index in [2.05, 4.69) is 17.8 Å². The van der Waals surface area contributed by atoms with Crippen LogP contribution in [0.4, 0.5) is 0 Å². The molecule has 13 heavy (non-hydrogen) atoms. The third kappa shape index (κ3) is 3.11. The predicted octanol–water partition coefficient (Wildman–Crippen LogP) is 0.801. The minimum atomic E-state index is -0.153. The van der Waals surface area contributed by atoms with Gasteiger partial charge in [0, 0.05) is 13.0 Å². The quantitative estimate of drug-likeness (QED) is 0.602. The van der Waals surface area contributed by atoms with Gasteiger partial charge in [-0.2, -0.15) is 0 Å². The van der Waals surface area contributed by atoms with Crippen LogP contribution < -0.4 is 0 Å². The fourth-order valence-corrected chi connectivity index (χ4v) is 1.35. The molecule has 2 nitrogen and oxygen atoms in total. The van der Waals surface area contributed by atoms with Gasteiger partial charge < -0.3 is 9.84 Å². The van der Waals surface area contributed by atoms with Crippen LogP contribution in [0, 0.1) is 30.1 Å². The molecule has 0 bridgehead atoms. The van der Waals surface area contributed by atoms with E-state index in [9.17, 15) is 0 Å². The summed E-state index contributed by atoms with van der Waals surface area (Å²) in [4.78, 5) is 0. The number of hydrogen-bond donors (Lipinski definition) is 1. The molecule has 1 saturated heterocycles. The van der Waals surface area contributed by atoms with Crippen LogP contribution >= 0.6 is 0 Å². The van der Waals surface area contributed by atoms with Crippen molar-refractivity contribution in [2.75, 3.05) is 13.2 Å². The normalized spacial score (nSPS) is 27.1. The summed E-state index contributed by atoms with van der Waals surface area (Å²) in [5.74, 6) is 8.69. The Morgan fingerprint density at radius 2 is 2.38 bits per heavy atom. The fourth-order valence-electron chi connectivity index (χ4n) is 1.35. The molecule has 0 aliphatic carbocycles. The molecule has 0 amide bonds. The fraction of sp³-hybridized carbons (Fsp3) is 0.636. The molecular formula is C11H14O2. The standard InChI is InChI=1S/C11H14O2/c1-2-11-10(6-3-4-8-12)7-5-9-13-11/h1,10-12H,4-5,7-9H2. The van der Waals surface area contributed by atoms with Gasteiger partial charge in [0.15, 0.2) is 0 Å². The van der Waals surface area contributed by atoms with Crippen molar-refractivity contribution in [3.63, 3.8) is 0 Å². The summed E-state index contributed by atoms with van der Waals surface area (Å²) in [6.45, 7) is 0.856. The molecule has 70 valence electrons. The minimum absolute atomic E-state index is 0.112. The van der Waals surface area contributed by atoms with E-state index < -0.39 is 0 Å². The Kier molecular flexibility index (Phi) is 4.40. The molecule has 1 heterocycles. The maximum absolute atomic E-state index is 8.54. The summed E-state index contributed by atoms with van der Waals surface area (Å²) in [5, 5.41) is 8.54. The lowest BCUT2D eigenvalue weighted by Gasteiger charge is -2.23. The number of rotatable bonds is 1. The summed E-state index contributed by atoms with van der Waals surface area (Å²) >= 11 is 0. The molecule has 0 aromatic rings. The summed E-state index contributed by atoms with van der Waals surface area (Å²) in [6, 6.07) is 0. The van der Waals surface area contributed by atoms with E-state index in [1.165, 1.54) is 0 Å². The zero-order valence-corrected chi connectivity index (χ0v) is 7.62. The van der Waals surface area contributed by atoms with Crippen LogP contribution in [-0.2, 0) is 4.74 Å². The Balaban J connectivity index is 2.47. The Bertz CT molecular complexity index is 241. The maximum atomic E-state index is 8.54. The number of ether oxygens (including phenoxy) is 1. The van der Waals surface area contributed by atoms with Crippen LogP contribution in [-0.4, -0.2) is 24.4 Å². The number of hydrogen-bond acceptors (Lipinski definition) is 2. The predicted molar refractivity (Wildman–Crippen MR) is 50.8 cm³/mol. The van der Waals surface area contributed by atoms with Crippen molar-refractivity contribution in [3.8, 4) is 24.2 Å². The zero-order valence-electron chi connectivity index (χ0n) is 7.62. The molecule has 1 rings (SSSR count). The summed E-state index contributed by atoms with van der Waals surface area (Å²) in [7, 11) is 0. The Hall–Kier alpha value is -0.960. The number of terminal acetylenes is 1. The molecule has 1 fully saturated rings. The van der Waals surface area contributed by atoms with Gasteiger partial charge >= 0.3 is 0 Å². The van der Waals surface area contributed by atoms with Crippen LogP contribution in [0.3, 0.4) is 0 Å². The second-order valence-corrected chi connectivity index (χ2v) is 3.00. The van der Waals surface area contributed by atoms with Crippen molar-refractivity contribution < 1.29 is 9.84 Å². The first kappa shape index (κ1) is 10.1. The first-order chi connectivity index (χ1) is 6.38. The van der Waals surface area contributed by atoms with Gasteiger partial charge in [-0.15, -0.1) is 12.3 Å². The number of aliphatic hydroxyl groups is 1. The SMILES string of the molecule is C#CC1OCCCC1C#CCCO. The average molecular weight is 178 g/mol. The zero-order chi connectivity index (χ0) is 9.52. The van der Waals surface area contributed by atoms with E-state index >= 15 is 0 Å². The maximum Gasteiger partial charge on any atom is 0.131 e. The second kappa shape index (κ2) is 5.65. The smallest absolute Gasteiger partial charge is 0.131 e. The van der Waals surface area contributed by atoms with Crippen LogP contribution in [0.15, 0.2) is 0 Å². The van der Waals surface area contributed by atoms with Gasteiger partial charge in [0.2, 0.25) is 0 Å². The Morgan fingerprint density at radius 3 is 3.08 bits per heavy atom. The van der Waals surface area contributed by atoms with E-state index in [-0.39, 0.29) is 18.6 Å². The lowest BCUT2D eigenvalue weighted by Crippen LogP contribution is -2.27. The molecular weight excluding hydrogens is 164 g/mol. The van der Waals surface area contributed by atoms with Crippen molar-refractivity contribution in [1.82, 2.24) is 0 Å². The first-order valence-corrected chi connectivity index (χ1v) is 4.55. The molecule has 2 unspecified atom stereocenters. The van der Waals surface area contributed by atoms with Gasteiger partial charge in [-0.1, -0.05) is 11.8 Å². The summed E-state index contributed by atoms with van der Waals surface area (Å²) in [5.41, 5.74) is 0. The molecule has 0 saturated carbocycles. The molecule has 1 aliphatic heterocycles. The Labute approximate surface area is 79.3 Å². The van der Waals surface area contributed by atoms with E-state index in [1.54, 1.807) is 0 Å². The first-order valence-electron chi connectivity index (χ1n) is 4.55. The Morgan fingerprint density at radius 1 is 1.54 bits per heavy atom. The third-order valence-corrected chi connectivity index (χ3v) is 2.01. The largest absolute Gasteiger partial charge is 0.395 e. The topological polar surface area (TPSA) is 29.5 Å². The molecule has 1 aliphatic rings. The van der Waals surface area contributed by atoms with Crippen molar-refractivity contribution in [3.05, 3.63) is 0 Å². The highest BCUT2D eigenvalue weighted by Crippen LogP contribution is 2.19. The van der Waals surface area contributed by atoms with E-state index in [0.717, 1.165) is 19.4 Å². The van der Waals surface area contributed by atoms with E-state index in [1.807, 2.05) is 0 Å². The lowest BCUT2D eigenvalue weighted by molar-refractivity contribution is 0.0288.